The first kappa shape index (κ1) is 12.9. The minimum absolute atomic E-state index is 0.146. The van der Waals surface area contributed by atoms with Crippen molar-refractivity contribution >= 4 is 5.97 Å². The van der Waals surface area contributed by atoms with Crippen molar-refractivity contribution < 1.29 is 19.7 Å². The highest BCUT2D eigenvalue weighted by atomic mass is 16.5. The first-order valence-electron chi connectivity index (χ1n) is 6.16. The van der Waals surface area contributed by atoms with Gasteiger partial charge in [-0.1, -0.05) is 31.0 Å². The van der Waals surface area contributed by atoms with Crippen LogP contribution in [0.3, 0.4) is 0 Å². The minimum Gasteiger partial charge on any atom is -0.496 e. The van der Waals surface area contributed by atoms with Crippen molar-refractivity contribution in [2.24, 2.45) is 0 Å². The van der Waals surface area contributed by atoms with E-state index in [-0.39, 0.29) is 6.61 Å². The number of para-hydroxylation sites is 1. The maximum atomic E-state index is 11.7. The van der Waals surface area contributed by atoms with Crippen LogP contribution in [0, 0.1) is 0 Å². The molecule has 0 amide bonds. The zero-order valence-electron chi connectivity index (χ0n) is 10.5. The predicted molar refractivity (Wildman–Crippen MR) is 66.7 cm³/mol. The third kappa shape index (κ3) is 1.86. The van der Waals surface area contributed by atoms with E-state index in [1.807, 2.05) is 0 Å². The monoisotopic (exact) mass is 250 g/mol. The van der Waals surface area contributed by atoms with Crippen molar-refractivity contribution in [3.8, 4) is 5.75 Å². The molecule has 1 aliphatic carbocycles. The highest BCUT2D eigenvalue weighted by molar-refractivity contribution is 5.83. The van der Waals surface area contributed by atoms with E-state index in [0.29, 0.717) is 29.7 Å². The lowest BCUT2D eigenvalue weighted by atomic mass is 9.78. The summed E-state index contributed by atoms with van der Waals surface area (Å²) in [6.07, 6.45) is 3.10. The van der Waals surface area contributed by atoms with Crippen LogP contribution in [0.15, 0.2) is 18.2 Å². The lowest BCUT2D eigenvalue weighted by Gasteiger charge is -2.27. The van der Waals surface area contributed by atoms with Crippen LogP contribution in [0.5, 0.6) is 5.75 Å². The Morgan fingerprint density at radius 2 is 2.06 bits per heavy atom. The van der Waals surface area contributed by atoms with E-state index >= 15 is 0 Å². The molecular weight excluding hydrogens is 232 g/mol. The summed E-state index contributed by atoms with van der Waals surface area (Å²) in [5.41, 5.74) is 0.486. The van der Waals surface area contributed by atoms with Crippen LogP contribution in [-0.2, 0) is 16.8 Å². The maximum absolute atomic E-state index is 11.7. The van der Waals surface area contributed by atoms with Gasteiger partial charge in [0.25, 0.3) is 0 Å². The average Bonchev–Trinajstić information content (AvgIpc) is 2.88. The molecule has 4 nitrogen and oxygen atoms in total. The molecule has 4 heteroatoms. The van der Waals surface area contributed by atoms with Gasteiger partial charge in [0.2, 0.25) is 0 Å². The fraction of sp³-hybridized carbons (Fsp3) is 0.500. The fourth-order valence-electron chi connectivity index (χ4n) is 2.90. The molecule has 1 aliphatic rings. The second-order valence-corrected chi connectivity index (χ2v) is 4.75. The van der Waals surface area contributed by atoms with Gasteiger partial charge in [0.1, 0.15) is 5.75 Å². The Bertz CT molecular complexity index is 447. The minimum atomic E-state index is -0.851. The van der Waals surface area contributed by atoms with Gasteiger partial charge in [-0.15, -0.1) is 0 Å². The van der Waals surface area contributed by atoms with Crippen LogP contribution in [0.4, 0.5) is 0 Å². The van der Waals surface area contributed by atoms with E-state index in [2.05, 4.69) is 0 Å². The average molecular weight is 250 g/mol. The van der Waals surface area contributed by atoms with Crippen LogP contribution in [0.25, 0.3) is 0 Å². The zero-order chi connectivity index (χ0) is 13.2. The lowest BCUT2D eigenvalue weighted by molar-refractivity contribution is -0.143. The summed E-state index contributed by atoms with van der Waals surface area (Å²) in [4.78, 5) is 11.7. The second kappa shape index (κ2) is 4.98. The number of aliphatic carboxylic acids is 1. The SMILES string of the molecule is COc1c(CO)cccc1C1(C(=O)O)CCCC1. The maximum Gasteiger partial charge on any atom is 0.314 e. The zero-order valence-corrected chi connectivity index (χ0v) is 10.5. The summed E-state index contributed by atoms with van der Waals surface area (Å²) in [5.74, 6) is -0.280. The van der Waals surface area contributed by atoms with Crippen molar-refractivity contribution in [2.75, 3.05) is 7.11 Å². The molecule has 2 N–H and O–H groups in total. The number of hydrogen-bond donors (Lipinski definition) is 2. The quantitative estimate of drug-likeness (QED) is 0.858. The Morgan fingerprint density at radius 1 is 1.39 bits per heavy atom. The van der Waals surface area contributed by atoms with Crippen LogP contribution < -0.4 is 4.74 Å². The molecule has 0 radical (unpaired) electrons. The molecule has 1 fully saturated rings. The van der Waals surface area contributed by atoms with E-state index in [4.69, 9.17) is 4.74 Å². The van der Waals surface area contributed by atoms with Crippen molar-refractivity contribution in [3.05, 3.63) is 29.3 Å². The summed E-state index contributed by atoms with van der Waals surface area (Å²) in [7, 11) is 1.52. The van der Waals surface area contributed by atoms with Gasteiger partial charge in [-0.25, -0.2) is 0 Å². The largest absolute Gasteiger partial charge is 0.496 e. The molecule has 1 aromatic rings. The molecular formula is C14H18O4. The van der Waals surface area contributed by atoms with E-state index < -0.39 is 11.4 Å². The van der Waals surface area contributed by atoms with Gasteiger partial charge >= 0.3 is 5.97 Å². The molecule has 2 rings (SSSR count). The van der Waals surface area contributed by atoms with Crippen LogP contribution in [0.1, 0.15) is 36.8 Å². The highest BCUT2D eigenvalue weighted by Gasteiger charge is 2.45. The van der Waals surface area contributed by atoms with E-state index in [0.717, 1.165) is 12.8 Å². The molecule has 1 saturated carbocycles. The number of carbonyl (C=O) groups is 1. The Labute approximate surface area is 106 Å². The first-order valence-corrected chi connectivity index (χ1v) is 6.16. The summed E-state index contributed by atoms with van der Waals surface area (Å²) in [5, 5.41) is 18.9. The molecule has 0 atom stereocenters. The first-order chi connectivity index (χ1) is 8.65. The standard InChI is InChI=1S/C14H18O4/c1-18-12-10(9-15)5-4-6-11(12)14(13(16)17)7-2-3-8-14/h4-6,15H,2-3,7-9H2,1H3,(H,16,17). The molecule has 1 aromatic carbocycles. The van der Waals surface area contributed by atoms with Crippen molar-refractivity contribution in [3.63, 3.8) is 0 Å². The topological polar surface area (TPSA) is 66.8 Å². The van der Waals surface area contributed by atoms with Crippen molar-refractivity contribution in [1.82, 2.24) is 0 Å². The molecule has 18 heavy (non-hydrogen) atoms. The number of carboxylic acids is 1. The molecule has 0 spiro atoms. The van der Waals surface area contributed by atoms with Crippen LogP contribution in [-0.4, -0.2) is 23.3 Å². The molecule has 0 bridgehead atoms. The molecule has 0 aliphatic heterocycles. The number of rotatable bonds is 4. The van der Waals surface area contributed by atoms with Crippen molar-refractivity contribution in [2.45, 2.75) is 37.7 Å². The van der Waals surface area contributed by atoms with Gasteiger partial charge in [-0.2, -0.15) is 0 Å². The van der Waals surface area contributed by atoms with Gasteiger partial charge in [-0.3, -0.25) is 4.79 Å². The number of ether oxygens (including phenoxy) is 1. The third-order valence-corrected chi connectivity index (χ3v) is 3.85. The number of benzene rings is 1. The number of carboxylic acid groups (broad SMARTS) is 1. The molecule has 0 aromatic heterocycles. The smallest absolute Gasteiger partial charge is 0.314 e. The molecule has 0 unspecified atom stereocenters. The normalized spacial score (nSPS) is 17.7. The van der Waals surface area contributed by atoms with E-state index in [9.17, 15) is 15.0 Å². The van der Waals surface area contributed by atoms with Crippen LogP contribution >= 0.6 is 0 Å². The molecule has 98 valence electrons. The Morgan fingerprint density at radius 3 is 2.56 bits per heavy atom. The fourth-order valence-corrected chi connectivity index (χ4v) is 2.90. The number of aliphatic hydroxyl groups excluding tert-OH is 1. The van der Waals surface area contributed by atoms with Gasteiger partial charge in [0, 0.05) is 11.1 Å². The Kier molecular flexibility index (Phi) is 3.57. The third-order valence-electron chi connectivity index (χ3n) is 3.85. The van der Waals surface area contributed by atoms with E-state index in [1.165, 1.54) is 7.11 Å². The summed E-state index contributed by atoms with van der Waals surface area (Å²) in [6.45, 7) is -0.146. The second-order valence-electron chi connectivity index (χ2n) is 4.75. The van der Waals surface area contributed by atoms with Gasteiger partial charge in [0.15, 0.2) is 0 Å². The molecule has 0 saturated heterocycles. The Hall–Kier alpha value is -1.55. The summed E-state index contributed by atoms with van der Waals surface area (Å²) < 4.78 is 5.33. The lowest BCUT2D eigenvalue weighted by Crippen LogP contribution is -2.33. The Balaban J connectivity index is 2.58. The number of hydrogen-bond acceptors (Lipinski definition) is 3. The van der Waals surface area contributed by atoms with Gasteiger partial charge < -0.3 is 14.9 Å². The van der Waals surface area contributed by atoms with E-state index in [1.54, 1.807) is 18.2 Å². The summed E-state index contributed by atoms with van der Waals surface area (Å²) in [6, 6.07) is 5.34. The van der Waals surface area contributed by atoms with Gasteiger partial charge in [-0.05, 0) is 12.8 Å². The summed E-state index contributed by atoms with van der Waals surface area (Å²) >= 11 is 0. The highest BCUT2D eigenvalue weighted by Crippen LogP contribution is 2.45. The van der Waals surface area contributed by atoms with Crippen LogP contribution in [0.2, 0.25) is 0 Å². The van der Waals surface area contributed by atoms with Crippen molar-refractivity contribution in [1.29, 1.82) is 0 Å². The number of aliphatic hydroxyl groups is 1. The molecule has 0 heterocycles. The predicted octanol–water partition coefficient (Wildman–Crippen LogP) is 2.08. The van der Waals surface area contributed by atoms with Gasteiger partial charge in [0.05, 0.1) is 19.1 Å². The number of methoxy groups -OCH3 is 1.